The lowest BCUT2D eigenvalue weighted by molar-refractivity contribution is -0.159. The van der Waals surface area contributed by atoms with E-state index in [1.807, 2.05) is 30.3 Å². The van der Waals surface area contributed by atoms with Crippen LogP contribution in [0.2, 0.25) is 0 Å². The minimum atomic E-state index is -1.82. The molecule has 0 spiro atoms. The highest BCUT2D eigenvalue weighted by Crippen LogP contribution is 2.36. The van der Waals surface area contributed by atoms with Crippen LogP contribution in [0.3, 0.4) is 0 Å². The number of carbonyl (C=O) groups excluding carboxylic acids is 1. The average molecular weight is 335 g/mol. The number of Topliss-reactive ketones (excluding diaryl/α,β-unsaturated/α-hetero) is 1. The van der Waals surface area contributed by atoms with Gasteiger partial charge in [0.15, 0.2) is 0 Å². The number of hydrogen-bond acceptors (Lipinski definition) is 5. The summed E-state index contributed by atoms with van der Waals surface area (Å²) in [6.07, 6.45) is 3.73. The number of likely N-dealkylation sites (N-methyl/N-ethyl adjacent to an activating group) is 1. The van der Waals surface area contributed by atoms with Crippen LogP contribution in [0.25, 0.3) is 0 Å². The predicted octanol–water partition coefficient (Wildman–Crippen LogP) is 1.37. The molecule has 1 aliphatic heterocycles. The van der Waals surface area contributed by atoms with Gasteiger partial charge in [-0.25, -0.2) is 9.59 Å². The normalized spacial score (nSPS) is 26.2. The number of nitrogens with zero attached hydrogens (tertiary/aromatic N) is 1. The summed E-state index contributed by atoms with van der Waals surface area (Å²) in [6.45, 7) is 0. The summed E-state index contributed by atoms with van der Waals surface area (Å²) < 4.78 is 0. The van der Waals surface area contributed by atoms with Crippen LogP contribution in [0.4, 0.5) is 0 Å². The monoisotopic (exact) mass is 335 g/mol. The zero-order valence-corrected chi connectivity index (χ0v) is 13.4. The van der Waals surface area contributed by atoms with Crippen LogP contribution in [0, 0.1) is 5.92 Å². The van der Waals surface area contributed by atoms with Crippen LogP contribution < -0.4 is 0 Å². The lowest BCUT2D eigenvalue weighted by atomic mass is 9.79. The molecule has 0 bridgehead atoms. The number of ketones is 1. The van der Waals surface area contributed by atoms with Gasteiger partial charge in [0.1, 0.15) is 5.78 Å². The first kappa shape index (κ1) is 18.1. The van der Waals surface area contributed by atoms with Crippen molar-refractivity contribution >= 4 is 17.7 Å². The van der Waals surface area contributed by atoms with Gasteiger partial charge in [0.05, 0.1) is 18.1 Å². The number of carbonyl (C=O) groups is 3. The van der Waals surface area contributed by atoms with Crippen molar-refractivity contribution in [1.29, 1.82) is 0 Å². The number of hydrogen-bond donors (Lipinski definition) is 2. The van der Waals surface area contributed by atoms with Crippen LogP contribution in [0.1, 0.15) is 24.8 Å². The highest BCUT2D eigenvalue weighted by molar-refractivity contribution is 6.27. The number of hydroxylamine groups is 2. The molecule has 1 aromatic carbocycles. The molecule has 2 aliphatic rings. The van der Waals surface area contributed by atoms with Crippen molar-refractivity contribution in [1.82, 2.24) is 5.06 Å². The molecule has 2 N–H and O–H groups in total. The number of fused-ring (bicyclic) bond motifs is 1. The second-order valence-electron chi connectivity index (χ2n) is 5.94. The van der Waals surface area contributed by atoms with Gasteiger partial charge < -0.3 is 10.2 Å². The van der Waals surface area contributed by atoms with Crippen LogP contribution in [-0.2, 0) is 25.6 Å². The second-order valence-corrected chi connectivity index (χ2v) is 5.94. The first-order valence-electron chi connectivity index (χ1n) is 7.82. The van der Waals surface area contributed by atoms with E-state index in [1.54, 1.807) is 0 Å². The number of benzene rings is 1. The largest absolute Gasteiger partial charge is 0.473 e. The lowest BCUT2D eigenvalue weighted by Gasteiger charge is -2.25. The smallest absolute Gasteiger partial charge is 0.414 e. The number of rotatable bonds is 2. The number of carboxylic acid groups (broad SMARTS) is 2. The summed E-state index contributed by atoms with van der Waals surface area (Å²) in [4.78, 5) is 36.1. The fourth-order valence-corrected chi connectivity index (χ4v) is 3.24. The van der Waals surface area contributed by atoms with Crippen LogP contribution in [0.5, 0.6) is 0 Å². The van der Waals surface area contributed by atoms with E-state index in [-0.39, 0.29) is 18.1 Å². The summed E-state index contributed by atoms with van der Waals surface area (Å²) in [6, 6.07) is 10.6. The molecule has 7 heteroatoms. The maximum atomic E-state index is 12.1. The molecule has 1 saturated carbocycles. The molecule has 3 rings (SSSR count). The zero-order chi connectivity index (χ0) is 17.7. The first-order valence-corrected chi connectivity index (χ1v) is 7.82. The van der Waals surface area contributed by atoms with E-state index in [2.05, 4.69) is 12.1 Å². The minimum absolute atomic E-state index is 0.0731. The van der Waals surface area contributed by atoms with Crippen molar-refractivity contribution < 1.29 is 29.4 Å². The Hall–Kier alpha value is -2.25. The molecule has 3 atom stereocenters. The van der Waals surface area contributed by atoms with Gasteiger partial charge in [-0.1, -0.05) is 30.3 Å². The molecule has 0 amide bonds. The summed E-state index contributed by atoms with van der Waals surface area (Å²) >= 11 is 0. The first-order chi connectivity index (χ1) is 11.4. The van der Waals surface area contributed by atoms with E-state index >= 15 is 0 Å². The second kappa shape index (κ2) is 8.03. The van der Waals surface area contributed by atoms with E-state index in [0.29, 0.717) is 5.78 Å². The van der Waals surface area contributed by atoms with Crippen molar-refractivity contribution in [2.24, 2.45) is 5.92 Å². The van der Waals surface area contributed by atoms with Gasteiger partial charge in [-0.15, -0.1) is 0 Å². The third kappa shape index (κ3) is 4.39. The van der Waals surface area contributed by atoms with Crippen LogP contribution in [-0.4, -0.2) is 52.2 Å². The van der Waals surface area contributed by atoms with E-state index in [0.717, 1.165) is 25.7 Å². The summed E-state index contributed by atoms with van der Waals surface area (Å²) in [5, 5.41) is 16.7. The Morgan fingerprint density at radius 2 is 1.83 bits per heavy atom. The number of carboxylic acids is 2. The van der Waals surface area contributed by atoms with Gasteiger partial charge in [0, 0.05) is 13.5 Å². The Labute approximate surface area is 139 Å². The van der Waals surface area contributed by atoms with Crippen molar-refractivity contribution in [3.8, 4) is 0 Å². The molecule has 1 heterocycles. The van der Waals surface area contributed by atoms with Gasteiger partial charge in [-0.05, 0) is 24.8 Å². The maximum Gasteiger partial charge on any atom is 0.414 e. The van der Waals surface area contributed by atoms with E-state index in [9.17, 15) is 4.79 Å². The zero-order valence-electron chi connectivity index (χ0n) is 13.4. The molecule has 1 aromatic rings. The van der Waals surface area contributed by atoms with Crippen molar-refractivity contribution in [3.63, 3.8) is 0 Å². The molecule has 1 saturated heterocycles. The average Bonchev–Trinajstić information content (AvgIpc) is 2.86. The minimum Gasteiger partial charge on any atom is -0.473 e. The van der Waals surface area contributed by atoms with Crippen molar-refractivity contribution in [2.75, 3.05) is 7.05 Å². The Morgan fingerprint density at radius 1 is 1.21 bits per heavy atom. The van der Waals surface area contributed by atoms with Gasteiger partial charge in [-0.3, -0.25) is 9.63 Å². The molecule has 24 heavy (non-hydrogen) atoms. The van der Waals surface area contributed by atoms with Crippen molar-refractivity contribution in [2.45, 2.75) is 37.8 Å². The molecule has 7 nitrogen and oxygen atoms in total. The van der Waals surface area contributed by atoms with Gasteiger partial charge >= 0.3 is 11.9 Å². The standard InChI is InChI=1S/C15H19NO2.C2H2O4/c1-16-12(10-11-6-3-2-4-7-11)15-13(17)8-5-9-14(15)18-16;3-1(4)2(5)6/h2-4,6-7,12,14-15H,5,8-10H2,1H3;(H,3,4)(H,5,6). The maximum absolute atomic E-state index is 12.1. The Balaban J connectivity index is 0.000000301. The van der Waals surface area contributed by atoms with Crippen molar-refractivity contribution in [3.05, 3.63) is 35.9 Å². The third-order valence-corrected chi connectivity index (χ3v) is 4.34. The number of aliphatic carboxylic acids is 2. The topological polar surface area (TPSA) is 104 Å². The Kier molecular flexibility index (Phi) is 6.05. The van der Waals surface area contributed by atoms with Crippen LogP contribution in [0.15, 0.2) is 30.3 Å². The fraction of sp³-hybridized carbons (Fsp3) is 0.471. The highest BCUT2D eigenvalue weighted by Gasteiger charge is 2.46. The summed E-state index contributed by atoms with van der Waals surface area (Å²) in [5.74, 6) is -3.19. The lowest BCUT2D eigenvalue weighted by Crippen LogP contribution is -2.38. The van der Waals surface area contributed by atoms with Crippen LogP contribution >= 0.6 is 0 Å². The Morgan fingerprint density at radius 3 is 2.42 bits per heavy atom. The highest BCUT2D eigenvalue weighted by atomic mass is 16.7. The Bertz CT molecular complexity index is 590. The van der Waals surface area contributed by atoms with Gasteiger partial charge in [0.25, 0.3) is 0 Å². The quantitative estimate of drug-likeness (QED) is 0.787. The molecule has 1 aliphatic carbocycles. The fourth-order valence-electron chi connectivity index (χ4n) is 3.24. The molecular weight excluding hydrogens is 314 g/mol. The summed E-state index contributed by atoms with van der Waals surface area (Å²) in [5.41, 5.74) is 1.27. The van der Waals surface area contributed by atoms with E-state index < -0.39 is 11.9 Å². The molecule has 0 aromatic heterocycles. The molecule has 0 radical (unpaired) electrons. The SMILES string of the molecule is CN1OC2CCCC(=O)C2C1Cc1ccccc1.O=C(O)C(=O)O. The van der Waals surface area contributed by atoms with E-state index in [1.165, 1.54) is 5.56 Å². The molecular formula is C17H21NO6. The van der Waals surface area contributed by atoms with Gasteiger partial charge in [0.2, 0.25) is 0 Å². The third-order valence-electron chi connectivity index (χ3n) is 4.34. The molecule has 130 valence electrons. The summed E-state index contributed by atoms with van der Waals surface area (Å²) in [7, 11) is 1.96. The predicted molar refractivity (Wildman–Crippen MR) is 84.2 cm³/mol. The molecule has 3 unspecified atom stereocenters. The molecule has 2 fully saturated rings. The van der Waals surface area contributed by atoms with E-state index in [4.69, 9.17) is 24.6 Å². The van der Waals surface area contributed by atoms with Gasteiger partial charge in [-0.2, -0.15) is 5.06 Å².